The summed E-state index contributed by atoms with van der Waals surface area (Å²) in [5.41, 5.74) is 1.19. The van der Waals surface area contributed by atoms with Crippen molar-refractivity contribution in [1.82, 2.24) is 9.97 Å². The Morgan fingerprint density at radius 1 is 1.33 bits per heavy atom. The van der Waals surface area contributed by atoms with Crippen LogP contribution in [0.2, 0.25) is 0 Å². The molecule has 0 aromatic carbocycles. The molecule has 114 valence electrons. The van der Waals surface area contributed by atoms with Crippen LogP contribution in [0.5, 0.6) is 0 Å². The van der Waals surface area contributed by atoms with Crippen molar-refractivity contribution in [2.45, 2.75) is 39.7 Å². The van der Waals surface area contributed by atoms with Gasteiger partial charge in [0.15, 0.2) is 0 Å². The van der Waals surface area contributed by atoms with Gasteiger partial charge in [-0.15, -0.1) is 11.3 Å². The van der Waals surface area contributed by atoms with Gasteiger partial charge in [0.25, 0.3) is 0 Å². The van der Waals surface area contributed by atoms with Gasteiger partial charge in [-0.3, -0.25) is 0 Å². The molecule has 0 aliphatic carbocycles. The molecule has 2 aromatic rings. The molecule has 0 aliphatic heterocycles. The highest BCUT2D eigenvalue weighted by atomic mass is 32.1. The zero-order valence-electron chi connectivity index (χ0n) is 13.3. The van der Waals surface area contributed by atoms with Crippen LogP contribution in [0.15, 0.2) is 23.8 Å². The lowest BCUT2D eigenvalue weighted by Crippen LogP contribution is -2.24. The van der Waals surface area contributed by atoms with Crippen LogP contribution in [0.4, 0.5) is 11.6 Å². The highest BCUT2D eigenvalue weighted by molar-refractivity contribution is 7.10. The molecule has 0 saturated carbocycles. The number of anilines is 2. The summed E-state index contributed by atoms with van der Waals surface area (Å²) in [6.45, 7) is 7.47. The maximum absolute atomic E-state index is 4.53. The highest BCUT2D eigenvalue weighted by Crippen LogP contribution is 2.31. The zero-order valence-corrected chi connectivity index (χ0v) is 14.1. The molecule has 0 spiro atoms. The predicted octanol–water partition coefficient (Wildman–Crippen LogP) is 4.12. The number of hydrogen-bond acceptors (Lipinski definition) is 5. The number of nitrogens with zero attached hydrogens (tertiary/aromatic N) is 3. The van der Waals surface area contributed by atoms with Crippen LogP contribution in [0.25, 0.3) is 0 Å². The first-order valence-electron chi connectivity index (χ1n) is 7.53. The van der Waals surface area contributed by atoms with E-state index in [1.165, 1.54) is 10.4 Å². The van der Waals surface area contributed by atoms with Crippen LogP contribution in [0.1, 0.15) is 43.7 Å². The Bertz CT molecular complexity index is 553. The summed E-state index contributed by atoms with van der Waals surface area (Å²) in [7, 11) is 2.11. The maximum Gasteiger partial charge on any atom is 0.137 e. The Morgan fingerprint density at radius 2 is 2.14 bits per heavy atom. The molecule has 1 unspecified atom stereocenters. The van der Waals surface area contributed by atoms with Gasteiger partial charge in [-0.25, -0.2) is 9.97 Å². The molecule has 0 bridgehead atoms. The van der Waals surface area contributed by atoms with E-state index in [1.54, 1.807) is 17.7 Å². The summed E-state index contributed by atoms with van der Waals surface area (Å²) in [5, 5.41) is 5.53. The van der Waals surface area contributed by atoms with Gasteiger partial charge in [-0.2, -0.15) is 0 Å². The summed E-state index contributed by atoms with van der Waals surface area (Å²) in [5.74, 6) is 1.99. The van der Waals surface area contributed by atoms with E-state index in [0.717, 1.165) is 31.0 Å². The van der Waals surface area contributed by atoms with Crippen LogP contribution >= 0.6 is 11.3 Å². The van der Waals surface area contributed by atoms with Crippen LogP contribution in [0, 0.1) is 0 Å². The minimum atomic E-state index is 0.309. The first-order valence-corrected chi connectivity index (χ1v) is 8.40. The van der Waals surface area contributed by atoms with Crippen molar-refractivity contribution in [2.75, 3.05) is 23.8 Å². The van der Waals surface area contributed by atoms with Crippen molar-refractivity contribution >= 4 is 23.0 Å². The second-order valence-electron chi connectivity index (χ2n) is 5.11. The lowest BCUT2D eigenvalue weighted by Gasteiger charge is -2.27. The topological polar surface area (TPSA) is 41.1 Å². The Labute approximate surface area is 131 Å². The van der Waals surface area contributed by atoms with E-state index in [0.29, 0.717) is 6.04 Å². The number of aromatic nitrogens is 2. The fourth-order valence-electron chi connectivity index (χ4n) is 2.33. The van der Waals surface area contributed by atoms with Gasteiger partial charge in [0.1, 0.15) is 18.0 Å². The number of nitrogens with one attached hydrogen (secondary N) is 1. The molecule has 0 radical (unpaired) electrons. The summed E-state index contributed by atoms with van der Waals surface area (Å²) < 4.78 is 0. The van der Waals surface area contributed by atoms with Gasteiger partial charge in [-0.1, -0.05) is 19.9 Å². The number of thiophene rings is 1. The normalized spacial score (nSPS) is 12.2. The first-order chi connectivity index (χ1) is 10.2. The molecule has 0 fully saturated rings. The molecule has 2 aromatic heterocycles. The number of hydrogen-bond donors (Lipinski definition) is 1. The maximum atomic E-state index is 4.53. The number of rotatable bonds is 7. The molecule has 2 heterocycles. The van der Waals surface area contributed by atoms with Crippen LogP contribution in [-0.4, -0.2) is 23.6 Å². The summed E-state index contributed by atoms with van der Waals surface area (Å²) in [6, 6.07) is 4.58. The fourth-order valence-corrected chi connectivity index (χ4v) is 3.16. The third-order valence-electron chi connectivity index (χ3n) is 3.69. The van der Waals surface area contributed by atoms with Gasteiger partial charge in [-0.05, 0) is 31.2 Å². The predicted molar refractivity (Wildman–Crippen MR) is 91.3 cm³/mol. The smallest absolute Gasteiger partial charge is 0.137 e. The molecule has 1 atom stereocenters. The van der Waals surface area contributed by atoms with Gasteiger partial charge >= 0.3 is 0 Å². The minimum Gasteiger partial charge on any atom is -0.370 e. The Hall–Kier alpha value is -1.62. The van der Waals surface area contributed by atoms with Crippen LogP contribution in [-0.2, 0) is 6.42 Å². The van der Waals surface area contributed by atoms with Gasteiger partial charge in [0.2, 0.25) is 0 Å². The van der Waals surface area contributed by atoms with Crippen LogP contribution in [0.3, 0.4) is 0 Å². The molecule has 1 N–H and O–H groups in total. The largest absolute Gasteiger partial charge is 0.370 e. The van der Waals surface area contributed by atoms with Gasteiger partial charge < -0.3 is 10.2 Å². The molecular weight excluding hydrogens is 280 g/mol. The third kappa shape index (κ3) is 3.53. The van der Waals surface area contributed by atoms with Gasteiger partial charge in [0, 0.05) is 24.0 Å². The lowest BCUT2D eigenvalue weighted by molar-refractivity contribution is 0.733. The van der Waals surface area contributed by atoms with E-state index in [4.69, 9.17) is 0 Å². The van der Waals surface area contributed by atoms with Crippen LogP contribution < -0.4 is 10.2 Å². The van der Waals surface area contributed by atoms with E-state index in [9.17, 15) is 0 Å². The van der Waals surface area contributed by atoms with Crippen molar-refractivity contribution < 1.29 is 0 Å². The van der Waals surface area contributed by atoms with Crippen molar-refractivity contribution in [3.05, 3.63) is 34.3 Å². The fraction of sp³-hybridized carbons (Fsp3) is 0.500. The summed E-state index contributed by atoms with van der Waals surface area (Å²) >= 11 is 1.78. The SMILES string of the molecule is CCCNc1ncnc(N(C)C(C)c2cccs2)c1CC. The standard InChI is InChI=1S/C16H24N4S/c1-5-9-17-15-13(6-2)16(19-11-18-15)20(4)12(3)14-8-7-10-21-14/h7-8,10-12H,5-6,9H2,1-4H3,(H,17,18,19). The molecule has 4 nitrogen and oxygen atoms in total. The van der Waals surface area contributed by atoms with E-state index >= 15 is 0 Å². The summed E-state index contributed by atoms with van der Waals surface area (Å²) in [6.07, 6.45) is 3.66. The Morgan fingerprint density at radius 3 is 2.76 bits per heavy atom. The molecule has 5 heteroatoms. The molecule has 0 amide bonds. The Balaban J connectivity index is 2.29. The molecule has 0 saturated heterocycles. The van der Waals surface area contributed by atoms with E-state index < -0.39 is 0 Å². The van der Waals surface area contributed by atoms with E-state index in [2.05, 4.69) is 65.5 Å². The third-order valence-corrected chi connectivity index (χ3v) is 4.73. The van der Waals surface area contributed by atoms with Gasteiger partial charge in [0.05, 0.1) is 6.04 Å². The monoisotopic (exact) mass is 304 g/mol. The minimum absolute atomic E-state index is 0.309. The Kier molecular flexibility index (Phi) is 5.56. The van der Waals surface area contributed by atoms with E-state index in [1.807, 2.05) is 0 Å². The van der Waals surface area contributed by atoms with Crippen molar-refractivity contribution in [1.29, 1.82) is 0 Å². The van der Waals surface area contributed by atoms with Crippen molar-refractivity contribution in [3.63, 3.8) is 0 Å². The quantitative estimate of drug-likeness (QED) is 0.835. The van der Waals surface area contributed by atoms with E-state index in [-0.39, 0.29) is 0 Å². The van der Waals surface area contributed by atoms with Crippen molar-refractivity contribution in [2.24, 2.45) is 0 Å². The zero-order chi connectivity index (χ0) is 15.2. The lowest BCUT2D eigenvalue weighted by atomic mass is 10.1. The highest BCUT2D eigenvalue weighted by Gasteiger charge is 2.19. The average molecular weight is 304 g/mol. The molecule has 0 aliphatic rings. The molecule has 21 heavy (non-hydrogen) atoms. The molecule has 2 rings (SSSR count). The average Bonchev–Trinajstić information content (AvgIpc) is 3.05. The van der Waals surface area contributed by atoms with Crippen molar-refractivity contribution in [3.8, 4) is 0 Å². The summed E-state index contributed by atoms with van der Waals surface area (Å²) in [4.78, 5) is 12.5. The second-order valence-corrected chi connectivity index (χ2v) is 6.09. The molecular formula is C16H24N4S. The second kappa shape index (κ2) is 7.41. The first kappa shape index (κ1) is 15.8.